The zero-order valence-corrected chi connectivity index (χ0v) is 37.9. The summed E-state index contributed by atoms with van der Waals surface area (Å²) >= 11 is 0. The van der Waals surface area contributed by atoms with Crippen molar-refractivity contribution >= 4 is 21.5 Å². The number of pyridine rings is 4. The van der Waals surface area contributed by atoms with Crippen LogP contribution in [0, 0.1) is 23.7 Å². The molecule has 69 heavy (non-hydrogen) atoms. The standard InChI is InChI=1S/C62H42N4O3/c1-3-5-35-67-51-25-17-41-37-47(19-15-43(41)39-51)61(53-11-7-31-63-57(53)58-54(61)12-8-32-64-58)45-21-27-49(28-22-45)69-50-29-23-46(24-30-50)62(55-13-9-33-65-59(55)60-56(62)14-10-34-66-60)48-20-16-44-40-52(68-36-6-4-2)26-18-42(44)38-48/h7-34,37-40H,35-36H2,1-2H3. The maximum absolute atomic E-state index is 6.69. The number of aromatic nitrogens is 4. The van der Waals surface area contributed by atoms with Gasteiger partial charge >= 0.3 is 0 Å². The first-order chi connectivity index (χ1) is 34.1. The molecule has 2 aliphatic rings. The smallest absolute Gasteiger partial charge is 0.149 e. The molecule has 0 fully saturated rings. The minimum absolute atomic E-state index is 0.350. The Labute approximate surface area is 400 Å². The molecule has 12 rings (SSSR count). The van der Waals surface area contributed by atoms with Gasteiger partial charge < -0.3 is 14.2 Å². The van der Waals surface area contributed by atoms with E-state index in [2.05, 4.69) is 157 Å². The monoisotopic (exact) mass is 890 g/mol. The molecule has 0 N–H and O–H groups in total. The second-order valence-corrected chi connectivity index (χ2v) is 17.1. The Balaban J connectivity index is 0.914. The van der Waals surface area contributed by atoms with E-state index >= 15 is 0 Å². The molecule has 7 heteroatoms. The van der Waals surface area contributed by atoms with E-state index in [1.807, 2.05) is 75.0 Å². The summed E-state index contributed by atoms with van der Waals surface area (Å²) in [7, 11) is 0. The number of ether oxygens (including phenoxy) is 3. The summed E-state index contributed by atoms with van der Waals surface area (Å²) in [5, 5.41) is 4.37. The summed E-state index contributed by atoms with van der Waals surface area (Å²) in [6, 6.07) is 59.5. The average molecular weight is 891 g/mol. The van der Waals surface area contributed by atoms with Crippen molar-refractivity contribution in [3.63, 3.8) is 0 Å². The molecule has 2 aliphatic carbocycles. The van der Waals surface area contributed by atoms with Crippen molar-refractivity contribution in [3.8, 4) is 69.5 Å². The van der Waals surface area contributed by atoms with Crippen LogP contribution in [0.5, 0.6) is 23.0 Å². The fourth-order valence-corrected chi connectivity index (χ4v) is 10.6. The summed E-state index contributed by atoms with van der Waals surface area (Å²) in [5.41, 5.74) is 10.9. The molecule has 328 valence electrons. The van der Waals surface area contributed by atoms with Crippen LogP contribution in [-0.2, 0) is 10.8 Å². The predicted molar refractivity (Wildman–Crippen MR) is 272 cm³/mol. The number of benzene rings is 6. The van der Waals surface area contributed by atoms with Crippen LogP contribution in [0.25, 0.3) is 44.3 Å². The number of fused-ring (bicyclic) bond motifs is 8. The van der Waals surface area contributed by atoms with Crippen LogP contribution < -0.4 is 14.2 Å². The Morgan fingerprint density at radius 1 is 0.362 bits per heavy atom. The van der Waals surface area contributed by atoms with Crippen LogP contribution in [0.2, 0.25) is 0 Å². The minimum Gasteiger partial charge on any atom is -0.481 e. The van der Waals surface area contributed by atoms with E-state index < -0.39 is 10.8 Å². The molecule has 0 spiro atoms. The summed E-state index contributed by atoms with van der Waals surface area (Å²) in [6.45, 7) is 4.33. The van der Waals surface area contributed by atoms with Gasteiger partial charge in [0.1, 0.15) is 36.2 Å². The van der Waals surface area contributed by atoms with Gasteiger partial charge in [-0.05, 0) is 165 Å². The topological polar surface area (TPSA) is 79.2 Å². The molecule has 0 radical (unpaired) electrons. The van der Waals surface area contributed by atoms with Gasteiger partial charge in [0.25, 0.3) is 0 Å². The molecular weight excluding hydrogens is 849 g/mol. The third-order valence-corrected chi connectivity index (χ3v) is 13.6. The van der Waals surface area contributed by atoms with Gasteiger partial charge in [0.2, 0.25) is 0 Å². The maximum Gasteiger partial charge on any atom is 0.149 e. The van der Waals surface area contributed by atoms with Crippen molar-refractivity contribution in [3.05, 3.63) is 239 Å². The highest BCUT2D eigenvalue weighted by atomic mass is 16.5. The largest absolute Gasteiger partial charge is 0.481 e. The molecule has 0 unspecified atom stereocenters. The Kier molecular flexibility index (Phi) is 10.2. The van der Waals surface area contributed by atoms with Gasteiger partial charge in [0, 0.05) is 24.8 Å². The molecular formula is C62H42N4O3. The lowest BCUT2D eigenvalue weighted by molar-refractivity contribution is 0.370. The van der Waals surface area contributed by atoms with E-state index in [1.165, 1.54) is 0 Å². The molecule has 0 saturated carbocycles. The van der Waals surface area contributed by atoms with Gasteiger partial charge in [-0.2, -0.15) is 0 Å². The van der Waals surface area contributed by atoms with Crippen LogP contribution in [0.3, 0.4) is 0 Å². The molecule has 0 aliphatic heterocycles. The van der Waals surface area contributed by atoms with Crippen molar-refractivity contribution in [1.29, 1.82) is 0 Å². The third-order valence-electron chi connectivity index (χ3n) is 13.6. The van der Waals surface area contributed by atoms with Crippen molar-refractivity contribution < 1.29 is 14.2 Å². The van der Waals surface area contributed by atoms with Gasteiger partial charge in [-0.3, -0.25) is 19.9 Å². The van der Waals surface area contributed by atoms with Crippen LogP contribution in [0.1, 0.15) is 58.4 Å². The third kappa shape index (κ3) is 6.70. The molecule has 7 nitrogen and oxygen atoms in total. The Morgan fingerprint density at radius 2 is 0.681 bits per heavy atom. The van der Waals surface area contributed by atoms with E-state index in [9.17, 15) is 0 Å². The normalized spacial score (nSPS) is 13.2. The molecule has 0 amide bonds. The average Bonchev–Trinajstić information content (AvgIpc) is 3.88. The predicted octanol–water partition coefficient (Wildman–Crippen LogP) is 12.9. The second-order valence-electron chi connectivity index (χ2n) is 17.1. The molecule has 0 atom stereocenters. The second kappa shape index (κ2) is 17.0. The summed E-state index contributed by atoms with van der Waals surface area (Å²) in [6.07, 6.45) is 7.38. The first kappa shape index (κ1) is 41.4. The fraction of sp³-hybridized carbons (Fsp3) is 0.0968. The Bertz CT molecular complexity index is 3430. The number of hydrogen-bond acceptors (Lipinski definition) is 7. The van der Waals surface area contributed by atoms with E-state index in [-0.39, 0.29) is 0 Å². The quantitative estimate of drug-likeness (QED) is 0.127. The van der Waals surface area contributed by atoms with E-state index in [0.717, 1.165) is 112 Å². The highest BCUT2D eigenvalue weighted by Crippen LogP contribution is 2.57. The summed E-state index contributed by atoms with van der Waals surface area (Å²) < 4.78 is 18.5. The lowest BCUT2D eigenvalue weighted by atomic mass is 9.68. The summed E-state index contributed by atoms with van der Waals surface area (Å²) in [5.74, 6) is 14.8. The summed E-state index contributed by atoms with van der Waals surface area (Å²) in [4.78, 5) is 19.6. The maximum atomic E-state index is 6.69. The van der Waals surface area contributed by atoms with Gasteiger partial charge in [-0.25, -0.2) is 0 Å². The van der Waals surface area contributed by atoms with Crippen molar-refractivity contribution in [2.45, 2.75) is 24.7 Å². The number of rotatable bonds is 10. The molecule has 10 aromatic rings. The van der Waals surface area contributed by atoms with Gasteiger partial charge in [-0.15, -0.1) is 11.8 Å². The van der Waals surface area contributed by atoms with E-state index in [4.69, 9.17) is 34.1 Å². The molecule has 0 bridgehead atoms. The fourth-order valence-electron chi connectivity index (χ4n) is 10.6. The van der Waals surface area contributed by atoms with Crippen LogP contribution in [0.15, 0.2) is 195 Å². The first-order valence-electron chi connectivity index (χ1n) is 22.9. The lowest BCUT2D eigenvalue weighted by Crippen LogP contribution is -2.28. The molecule has 6 aromatic carbocycles. The van der Waals surface area contributed by atoms with E-state index in [0.29, 0.717) is 13.2 Å². The van der Waals surface area contributed by atoms with Gasteiger partial charge in [0.15, 0.2) is 0 Å². The van der Waals surface area contributed by atoms with Crippen molar-refractivity contribution in [2.24, 2.45) is 0 Å². The van der Waals surface area contributed by atoms with Gasteiger partial charge in [0.05, 0.1) is 33.6 Å². The minimum atomic E-state index is -0.692. The molecule has 0 saturated heterocycles. The molecule has 4 heterocycles. The SMILES string of the molecule is CC#CCOc1ccc2cc(C3(c4ccc(Oc5ccc(C6(c7ccc8cc(OCC#CC)ccc8c7)c7cccnc7-c7ncccc76)cc5)cc4)c4cccnc4-c4ncccc43)ccc2c1. The zero-order chi connectivity index (χ0) is 46.4. The van der Waals surface area contributed by atoms with Crippen molar-refractivity contribution in [1.82, 2.24) is 19.9 Å². The number of nitrogens with zero attached hydrogens (tertiary/aromatic N) is 4. The first-order valence-corrected chi connectivity index (χ1v) is 22.9. The van der Waals surface area contributed by atoms with Crippen LogP contribution in [0.4, 0.5) is 0 Å². The Morgan fingerprint density at radius 3 is 1.04 bits per heavy atom. The van der Waals surface area contributed by atoms with Crippen LogP contribution in [-0.4, -0.2) is 33.1 Å². The zero-order valence-electron chi connectivity index (χ0n) is 37.9. The van der Waals surface area contributed by atoms with E-state index in [1.54, 1.807) is 0 Å². The highest BCUT2D eigenvalue weighted by Gasteiger charge is 2.49. The number of hydrogen-bond donors (Lipinski definition) is 0. The Hall–Kier alpha value is -9.04. The highest BCUT2D eigenvalue weighted by molar-refractivity contribution is 5.90. The van der Waals surface area contributed by atoms with Crippen molar-refractivity contribution in [2.75, 3.05) is 13.2 Å². The van der Waals surface area contributed by atoms with Gasteiger partial charge in [-0.1, -0.05) is 96.8 Å². The lowest BCUT2D eigenvalue weighted by Gasteiger charge is -2.33. The van der Waals surface area contributed by atoms with Crippen LogP contribution >= 0.6 is 0 Å². The molecule has 4 aromatic heterocycles.